The van der Waals surface area contributed by atoms with Gasteiger partial charge in [-0.25, -0.2) is 0 Å². The van der Waals surface area contributed by atoms with Gasteiger partial charge in [0.15, 0.2) is 0 Å². The number of ketones is 1. The normalized spacial score (nSPS) is 14.1. The minimum absolute atomic E-state index is 0.134. The van der Waals surface area contributed by atoms with Crippen LogP contribution < -0.4 is 0 Å². The van der Waals surface area contributed by atoms with Crippen molar-refractivity contribution in [2.45, 2.75) is 46.5 Å². The van der Waals surface area contributed by atoms with Gasteiger partial charge in [0.25, 0.3) is 0 Å². The molecule has 3 heteroatoms. The summed E-state index contributed by atoms with van der Waals surface area (Å²) in [6.45, 7) is 9.80. The third-order valence-electron chi connectivity index (χ3n) is 3.67. The molecule has 1 aromatic rings. The zero-order valence-electron chi connectivity index (χ0n) is 14.1. The molecule has 0 saturated carbocycles. The Morgan fingerprint density at radius 3 is 2.32 bits per heavy atom. The summed E-state index contributed by atoms with van der Waals surface area (Å²) in [6.07, 6.45) is 3.56. The molecule has 0 radical (unpaired) electrons. The van der Waals surface area contributed by atoms with Crippen LogP contribution in [0.2, 0.25) is 0 Å². The quantitative estimate of drug-likeness (QED) is 0.430. The molecule has 0 aliphatic rings. The Kier molecular flexibility index (Phi) is 7.03. The molecular weight excluding hydrogens is 276 g/mol. The Morgan fingerprint density at radius 1 is 1.14 bits per heavy atom. The standard InChI is InChI=1S/C19H26O3/c1-6-22-19(21)18(15(5)20)11-10-14(4)17-9-7-8-16(12-17)13(2)3/h7-14,18H,6H2,1-5H3/b11-10+. The lowest BCUT2D eigenvalue weighted by Gasteiger charge is -2.13. The van der Waals surface area contributed by atoms with Crippen molar-refractivity contribution >= 4 is 11.8 Å². The van der Waals surface area contributed by atoms with Gasteiger partial charge in [-0.15, -0.1) is 0 Å². The number of Topliss-reactive ketones (excluding diaryl/α,β-unsaturated/α-hetero) is 1. The molecule has 0 saturated heterocycles. The molecule has 0 heterocycles. The molecule has 0 fully saturated rings. The van der Waals surface area contributed by atoms with Crippen molar-refractivity contribution in [3.05, 3.63) is 47.5 Å². The van der Waals surface area contributed by atoms with Crippen molar-refractivity contribution in [1.82, 2.24) is 0 Å². The van der Waals surface area contributed by atoms with Gasteiger partial charge in [-0.1, -0.05) is 57.2 Å². The number of allylic oxidation sites excluding steroid dienone is 1. The van der Waals surface area contributed by atoms with E-state index in [1.165, 1.54) is 18.1 Å². The zero-order chi connectivity index (χ0) is 16.7. The number of benzene rings is 1. The maximum Gasteiger partial charge on any atom is 0.320 e. The highest BCUT2D eigenvalue weighted by Gasteiger charge is 2.21. The Morgan fingerprint density at radius 2 is 1.77 bits per heavy atom. The van der Waals surface area contributed by atoms with Crippen LogP contribution in [0.4, 0.5) is 0 Å². The lowest BCUT2D eigenvalue weighted by molar-refractivity contribution is -0.149. The minimum atomic E-state index is -0.810. The number of hydrogen-bond donors (Lipinski definition) is 0. The summed E-state index contributed by atoms with van der Waals surface area (Å²) in [7, 11) is 0. The molecule has 22 heavy (non-hydrogen) atoms. The predicted octanol–water partition coefficient (Wildman–Crippen LogP) is 4.24. The Bertz CT molecular complexity index is 543. The van der Waals surface area contributed by atoms with E-state index < -0.39 is 11.9 Å². The van der Waals surface area contributed by atoms with E-state index in [1.54, 1.807) is 13.0 Å². The maximum atomic E-state index is 11.8. The average molecular weight is 302 g/mol. The molecule has 0 spiro atoms. The van der Waals surface area contributed by atoms with E-state index in [0.717, 1.165) is 0 Å². The number of carbonyl (C=O) groups is 2. The SMILES string of the molecule is CCOC(=O)C(/C=C/C(C)c1cccc(C(C)C)c1)C(C)=O. The fourth-order valence-corrected chi connectivity index (χ4v) is 2.20. The highest BCUT2D eigenvalue weighted by atomic mass is 16.5. The van der Waals surface area contributed by atoms with Crippen LogP contribution in [0.3, 0.4) is 0 Å². The van der Waals surface area contributed by atoms with Crippen LogP contribution in [0.5, 0.6) is 0 Å². The third kappa shape index (κ3) is 5.14. The molecule has 120 valence electrons. The van der Waals surface area contributed by atoms with Gasteiger partial charge in [-0.05, 0) is 36.8 Å². The number of hydrogen-bond acceptors (Lipinski definition) is 3. The summed E-state index contributed by atoms with van der Waals surface area (Å²) in [6, 6.07) is 8.39. The van der Waals surface area contributed by atoms with Crippen LogP contribution in [0.25, 0.3) is 0 Å². The molecule has 2 atom stereocenters. The first-order chi connectivity index (χ1) is 10.4. The largest absolute Gasteiger partial charge is 0.465 e. The second kappa shape index (κ2) is 8.52. The first-order valence-corrected chi connectivity index (χ1v) is 7.82. The van der Waals surface area contributed by atoms with Crippen molar-refractivity contribution in [2.75, 3.05) is 6.61 Å². The summed E-state index contributed by atoms with van der Waals surface area (Å²) < 4.78 is 4.94. The Labute approximate surface area is 133 Å². The van der Waals surface area contributed by atoms with E-state index >= 15 is 0 Å². The first kappa shape index (κ1) is 18.1. The smallest absolute Gasteiger partial charge is 0.320 e. The molecule has 0 aromatic heterocycles. The van der Waals surface area contributed by atoms with Gasteiger partial charge in [0, 0.05) is 0 Å². The van der Waals surface area contributed by atoms with Gasteiger partial charge in [0.2, 0.25) is 0 Å². The molecule has 0 aliphatic carbocycles. The maximum absolute atomic E-state index is 11.8. The summed E-state index contributed by atoms with van der Waals surface area (Å²) in [5, 5.41) is 0. The average Bonchev–Trinajstić information content (AvgIpc) is 2.47. The van der Waals surface area contributed by atoms with Gasteiger partial charge in [0.05, 0.1) is 6.61 Å². The molecule has 1 aromatic carbocycles. The van der Waals surface area contributed by atoms with E-state index in [0.29, 0.717) is 5.92 Å². The fraction of sp³-hybridized carbons (Fsp3) is 0.474. The first-order valence-electron chi connectivity index (χ1n) is 7.82. The van der Waals surface area contributed by atoms with Crippen LogP contribution in [0, 0.1) is 5.92 Å². The predicted molar refractivity (Wildman–Crippen MR) is 88.9 cm³/mol. The number of esters is 1. The number of carbonyl (C=O) groups excluding carboxylic acids is 2. The van der Waals surface area contributed by atoms with Crippen LogP contribution in [-0.4, -0.2) is 18.4 Å². The van der Waals surface area contributed by atoms with Crippen LogP contribution in [-0.2, 0) is 14.3 Å². The van der Waals surface area contributed by atoms with Crippen LogP contribution in [0.1, 0.15) is 57.6 Å². The van der Waals surface area contributed by atoms with Crippen molar-refractivity contribution in [3.8, 4) is 0 Å². The minimum Gasteiger partial charge on any atom is -0.465 e. The Balaban J connectivity index is 2.89. The van der Waals surface area contributed by atoms with Crippen molar-refractivity contribution in [2.24, 2.45) is 5.92 Å². The lowest BCUT2D eigenvalue weighted by Crippen LogP contribution is -2.22. The molecule has 3 nitrogen and oxygen atoms in total. The lowest BCUT2D eigenvalue weighted by atomic mass is 9.93. The van der Waals surface area contributed by atoms with E-state index in [-0.39, 0.29) is 18.3 Å². The molecule has 1 rings (SSSR count). The molecule has 0 N–H and O–H groups in total. The van der Waals surface area contributed by atoms with Crippen molar-refractivity contribution in [3.63, 3.8) is 0 Å². The van der Waals surface area contributed by atoms with E-state index in [1.807, 2.05) is 12.1 Å². The van der Waals surface area contributed by atoms with Crippen LogP contribution >= 0.6 is 0 Å². The van der Waals surface area contributed by atoms with Crippen LogP contribution in [0.15, 0.2) is 36.4 Å². The highest BCUT2D eigenvalue weighted by molar-refractivity contribution is 5.99. The van der Waals surface area contributed by atoms with Crippen molar-refractivity contribution in [1.29, 1.82) is 0 Å². The van der Waals surface area contributed by atoms with E-state index in [4.69, 9.17) is 4.74 Å². The molecule has 0 aliphatic heterocycles. The zero-order valence-corrected chi connectivity index (χ0v) is 14.1. The van der Waals surface area contributed by atoms with Gasteiger partial charge in [0.1, 0.15) is 11.7 Å². The molecular formula is C19H26O3. The van der Waals surface area contributed by atoms with Gasteiger partial charge in [-0.3, -0.25) is 9.59 Å². The molecule has 0 bridgehead atoms. The van der Waals surface area contributed by atoms with E-state index in [9.17, 15) is 9.59 Å². The fourth-order valence-electron chi connectivity index (χ4n) is 2.20. The van der Waals surface area contributed by atoms with Crippen molar-refractivity contribution < 1.29 is 14.3 Å². The highest BCUT2D eigenvalue weighted by Crippen LogP contribution is 2.22. The number of rotatable bonds is 7. The summed E-state index contributed by atoms with van der Waals surface area (Å²) in [5.74, 6) is -0.876. The van der Waals surface area contributed by atoms with E-state index in [2.05, 4.69) is 39.0 Å². The number of ether oxygens (including phenoxy) is 1. The second-order valence-electron chi connectivity index (χ2n) is 5.84. The Hall–Kier alpha value is -1.90. The molecule has 2 unspecified atom stereocenters. The van der Waals surface area contributed by atoms with Gasteiger partial charge < -0.3 is 4.74 Å². The summed E-state index contributed by atoms with van der Waals surface area (Å²) >= 11 is 0. The summed E-state index contributed by atoms with van der Waals surface area (Å²) in [5.41, 5.74) is 2.46. The second-order valence-corrected chi connectivity index (χ2v) is 5.84. The monoisotopic (exact) mass is 302 g/mol. The topological polar surface area (TPSA) is 43.4 Å². The molecule has 0 amide bonds. The third-order valence-corrected chi connectivity index (χ3v) is 3.67. The van der Waals surface area contributed by atoms with Gasteiger partial charge >= 0.3 is 5.97 Å². The summed E-state index contributed by atoms with van der Waals surface area (Å²) in [4.78, 5) is 23.4. The van der Waals surface area contributed by atoms with Gasteiger partial charge in [-0.2, -0.15) is 0 Å².